The van der Waals surface area contributed by atoms with Gasteiger partial charge in [0.15, 0.2) is 0 Å². The topological polar surface area (TPSA) is 20.2 Å². The predicted octanol–water partition coefficient (Wildman–Crippen LogP) is 4.10. The molecule has 3 heteroatoms. The summed E-state index contributed by atoms with van der Waals surface area (Å²) >= 11 is 7.52. The third-order valence-electron chi connectivity index (χ3n) is 3.02. The average Bonchev–Trinajstić information content (AvgIpc) is 2.77. The molecule has 1 heterocycles. The van der Waals surface area contributed by atoms with E-state index < -0.39 is 0 Å². The maximum Gasteiger partial charge on any atom is 0.0931 e. The van der Waals surface area contributed by atoms with Crippen LogP contribution in [0.5, 0.6) is 0 Å². The summed E-state index contributed by atoms with van der Waals surface area (Å²) in [5.41, 5.74) is 2.55. The highest BCUT2D eigenvalue weighted by molar-refractivity contribution is 7.16. The van der Waals surface area contributed by atoms with Crippen LogP contribution in [0.3, 0.4) is 0 Å². The van der Waals surface area contributed by atoms with E-state index in [9.17, 15) is 5.11 Å². The maximum atomic E-state index is 9.48. The quantitative estimate of drug-likeness (QED) is 0.874. The number of halogens is 1. The molecule has 0 aliphatic carbocycles. The first kappa shape index (κ1) is 13.6. The third-order valence-corrected chi connectivity index (χ3v) is 4.28. The van der Waals surface area contributed by atoms with Crippen molar-refractivity contribution in [2.45, 2.75) is 19.8 Å². The molecule has 0 bridgehead atoms. The number of thiophene rings is 1. The van der Waals surface area contributed by atoms with Crippen LogP contribution in [-0.2, 0) is 12.8 Å². The third kappa shape index (κ3) is 3.84. The summed E-state index contributed by atoms with van der Waals surface area (Å²) in [6.45, 7) is 2.30. The summed E-state index contributed by atoms with van der Waals surface area (Å²) in [5.74, 6) is 0.266. The zero-order chi connectivity index (χ0) is 13.0. The number of aliphatic hydroxyl groups is 1. The van der Waals surface area contributed by atoms with E-state index in [1.807, 2.05) is 12.1 Å². The zero-order valence-electron chi connectivity index (χ0n) is 10.4. The van der Waals surface area contributed by atoms with Gasteiger partial charge in [0.25, 0.3) is 0 Å². The number of aliphatic hydroxyl groups excluding tert-OH is 1. The first-order valence-corrected chi connectivity index (χ1v) is 7.27. The predicted molar refractivity (Wildman–Crippen MR) is 78.5 cm³/mol. The number of rotatable bonds is 5. The Kier molecular flexibility index (Phi) is 4.81. The minimum absolute atomic E-state index is 0.212. The lowest BCUT2D eigenvalue weighted by Crippen LogP contribution is -2.12. The van der Waals surface area contributed by atoms with E-state index in [2.05, 4.69) is 31.2 Å². The fourth-order valence-corrected chi connectivity index (χ4v) is 3.21. The molecule has 0 aliphatic rings. The van der Waals surface area contributed by atoms with Crippen molar-refractivity contribution in [2.75, 3.05) is 6.61 Å². The Morgan fingerprint density at radius 2 is 1.83 bits per heavy atom. The molecule has 96 valence electrons. The normalized spacial score (nSPS) is 12.6. The van der Waals surface area contributed by atoms with Crippen LogP contribution in [0.15, 0.2) is 36.4 Å². The molecule has 0 amide bonds. The first-order valence-electron chi connectivity index (χ1n) is 6.08. The lowest BCUT2D eigenvalue weighted by Gasteiger charge is -2.13. The summed E-state index contributed by atoms with van der Waals surface area (Å²) in [7, 11) is 0. The second kappa shape index (κ2) is 6.37. The Bertz CT molecular complexity index is 489. The molecule has 0 radical (unpaired) electrons. The Morgan fingerprint density at radius 3 is 2.39 bits per heavy atom. The van der Waals surface area contributed by atoms with Gasteiger partial charge in [-0.15, -0.1) is 11.3 Å². The molecule has 0 spiro atoms. The monoisotopic (exact) mass is 280 g/mol. The average molecular weight is 281 g/mol. The highest BCUT2D eigenvalue weighted by Crippen LogP contribution is 2.25. The van der Waals surface area contributed by atoms with E-state index in [-0.39, 0.29) is 12.5 Å². The van der Waals surface area contributed by atoms with Crippen molar-refractivity contribution in [3.8, 4) is 0 Å². The second-order valence-electron chi connectivity index (χ2n) is 4.65. The van der Waals surface area contributed by atoms with Crippen LogP contribution in [-0.4, -0.2) is 11.7 Å². The number of benzene rings is 1. The Balaban J connectivity index is 1.99. The van der Waals surface area contributed by atoms with Gasteiger partial charge in [-0.2, -0.15) is 0 Å². The van der Waals surface area contributed by atoms with Crippen LogP contribution in [0.1, 0.15) is 16.0 Å². The van der Waals surface area contributed by atoms with Crippen LogP contribution in [0, 0.1) is 12.8 Å². The van der Waals surface area contributed by atoms with E-state index in [4.69, 9.17) is 11.6 Å². The van der Waals surface area contributed by atoms with Crippen molar-refractivity contribution >= 4 is 22.9 Å². The highest BCUT2D eigenvalue weighted by atomic mass is 35.5. The Morgan fingerprint density at radius 1 is 1.11 bits per heavy atom. The summed E-state index contributed by atoms with van der Waals surface area (Å²) in [6, 6.07) is 12.5. The maximum absolute atomic E-state index is 9.48. The largest absolute Gasteiger partial charge is 0.396 e. The molecule has 0 fully saturated rings. The van der Waals surface area contributed by atoms with Crippen LogP contribution in [0.4, 0.5) is 0 Å². The first-order chi connectivity index (χ1) is 8.67. The fourth-order valence-electron chi connectivity index (χ4n) is 2.00. The van der Waals surface area contributed by atoms with E-state index in [0.717, 1.165) is 17.2 Å². The van der Waals surface area contributed by atoms with Crippen molar-refractivity contribution < 1.29 is 5.11 Å². The summed E-state index contributed by atoms with van der Waals surface area (Å²) in [6.07, 6.45) is 1.80. The minimum atomic E-state index is 0.212. The molecule has 1 nitrogen and oxygen atoms in total. The van der Waals surface area contributed by atoms with Crippen molar-refractivity contribution in [3.05, 3.63) is 56.7 Å². The van der Waals surface area contributed by atoms with Gasteiger partial charge in [-0.25, -0.2) is 0 Å². The van der Waals surface area contributed by atoms with Crippen molar-refractivity contribution in [2.24, 2.45) is 5.92 Å². The molecule has 2 aromatic rings. The van der Waals surface area contributed by atoms with Gasteiger partial charge in [-0.3, -0.25) is 0 Å². The highest BCUT2D eigenvalue weighted by Gasteiger charge is 2.11. The van der Waals surface area contributed by atoms with Gasteiger partial charge >= 0.3 is 0 Å². The molecule has 0 aliphatic heterocycles. The van der Waals surface area contributed by atoms with Gasteiger partial charge in [-0.05, 0) is 43.4 Å². The molecule has 2 rings (SSSR count). The van der Waals surface area contributed by atoms with Gasteiger partial charge in [0, 0.05) is 11.5 Å². The van der Waals surface area contributed by atoms with Gasteiger partial charge < -0.3 is 5.11 Å². The van der Waals surface area contributed by atoms with Crippen LogP contribution < -0.4 is 0 Å². The summed E-state index contributed by atoms with van der Waals surface area (Å²) in [5, 5.41) is 9.48. The van der Waals surface area contributed by atoms with Crippen molar-refractivity contribution in [1.29, 1.82) is 0 Å². The lowest BCUT2D eigenvalue weighted by molar-refractivity contribution is 0.225. The smallest absolute Gasteiger partial charge is 0.0931 e. The molecule has 1 aromatic heterocycles. The van der Waals surface area contributed by atoms with Gasteiger partial charge in [0.1, 0.15) is 0 Å². The molecule has 1 N–H and O–H groups in total. The summed E-state index contributed by atoms with van der Waals surface area (Å²) in [4.78, 5) is 1.24. The number of aryl methyl sites for hydroxylation is 1. The molecule has 1 aromatic carbocycles. The SMILES string of the molecule is Cc1ccc(CC(CO)Cc2ccc(Cl)s2)cc1. The molecule has 18 heavy (non-hydrogen) atoms. The van der Waals surface area contributed by atoms with E-state index >= 15 is 0 Å². The number of hydrogen-bond acceptors (Lipinski definition) is 2. The van der Waals surface area contributed by atoms with Crippen molar-refractivity contribution in [1.82, 2.24) is 0 Å². The standard InChI is InChI=1S/C15H17ClOS/c1-11-2-4-12(5-3-11)8-13(10-17)9-14-6-7-15(16)18-14/h2-7,13,17H,8-10H2,1H3. The number of hydrogen-bond donors (Lipinski definition) is 1. The van der Waals surface area contributed by atoms with Crippen LogP contribution >= 0.6 is 22.9 Å². The van der Waals surface area contributed by atoms with Crippen molar-refractivity contribution in [3.63, 3.8) is 0 Å². The molecular formula is C15H17ClOS. The molecule has 0 saturated heterocycles. The zero-order valence-corrected chi connectivity index (χ0v) is 12.0. The lowest BCUT2D eigenvalue weighted by atomic mass is 9.96. The second-order valence-corrected chi connectivity index (χ2v) is 6.45. The van der Waals surface area contributed by atoms with Gasteiger partial charge in [0.2, 0.25) is 0 Å². The van der Waals surface area contributed by atoms with E-state index in [0.29, 0.717) is 0 Å². The molecule has 0 saturated carbocycles. The molecule has 1 unspecified atom stereocenters. The van der Waals surface area contributed by atoms with Gasteiger partial charge in [-0.1, -0.05) is 41.4 Å². The Labute approximate surface area is 117 Å². The minimum Gasteiger partial charge on any atom is -0.396 e. The fraction of sp³-hybridized carbons (Fsp3) is 0.333. The molecular weight excluding hydrogens is 264 g/mol. The van der Waals surface area contributed by atoms with E-state index in [1.165, 1.54) is 16.0 Å². The van der Waals surface area contributed by atoms with Crippen LogP contribution in [0.25, 0.3) is 0 Å². The summed E-state index contributed by atoms with van der Waals surface area (Å²) < 4.78 is 0.817. The molecule has 1 atom stereocenters. The van der Waals surface area contributed by atoms with Crippen LogP contribution in [0.2, 0.25) is 4.34 Å². The Hall–Kier alpha value is -0.830. The van der Waals surface area contributed by atoms with Gasteiger partial charge in [0.05, 0.1) is 4.34 Å². The van der Waals surface area contributed by atoms with E-state index in [1.54, 1.807) is 11.3 Å².